The third-order valence-corrected chi connectivity index (χ3v) is 9.61. The Hall–Kier alpha value is -6.40. The van der Waals surface area contributed by atoms with Gasteiger partial charge in [-0.3, -0.25) is 9.59 Å². The maximum absolute atomic E-state index is 13.8. The number of fused-ring (bicyclic) bond motifs is 1. The summed E-state index contributed by atoms with van der Waals surface area (Å²) < 4.78 is 30.3. The van der Waals surface area contributed by atoms with Crippen molar-refractivity contribution < 1.29 is 28.5 Å². The molecule has 6 aromatic rings. The van der Waals surface area contributed by atoms with Gasteiger partial charge in [-0.25, -0.2) is 9.97 Å². The van der Waals surface area contributed by atoms with E-state index < -0.39 is 5.91 Å². The molecule has 7 rings (SSSR count). The summed E-state index contributed by atoms with van der Waals surface area (Å²) in [5.41, 5.74) is 3.65. The van der Waals surface area contributed by atoms with E-state index in [9.17, 15) is 9.59 Å². The highest BCUT2D eigenvalue weighted by Crippen LogP contribution is 2.38. The summed E-state index contributed by atoms with van der Waals surface area (Å²) in [4.78, 5) is 36.8. The van der Waals surface area contributed by atoms with Gasteiger partial charge in [-0.1, -0.05) is 42.0 Å². The van der Waals surface area contributed by atoms with E-state index in [1.165, 1.54) is 6.20 Å². The molecule has 4 heterocycles. The van der Waals surface area contributed by atoms with Crippen LogP contribution in [0.1, 0.15) is 34.3 Å². The minimum absolute atomic E-state index is 0.0366. The third kappa shape index (κ3) is 8.71. The van der Waals surface area contributed by atoms with Crippen LogP contribution in [0.15, 0.2) is 102 Å². The average Bonchev–Trinajstić information content (AvgIpc) is 3.21. The van der Waals surface area contributed by atoms with Crippen LogP contribution in [0.2, 0.25) is 0 Å². The number of nitrogens with zero attached hydrogens (tertiary/aromatic N) is 3. The van der Waals surface area contributed by atoms with E-state index in [-0.39, 0.29) is 16.8 Å². The number of carbonyl (C=O) groups is 1. The molecule has 1 fully saturated rings. The number of aryl methyl sites for hydroxylation is 1. The van der Waals surface area contributed by atoms with Gasteiger partial charge in [-0.05, 0) is 67.1 Å². The largest absolute Gasteiger partial charge is 0.497 e. The number of carbonyl (C=O) groups excluding carboxylic acids is 1. The molecule has 0 aliphatic carbocycles. The quantitative estimate of drug-likeness (QED) is 0.120. The van der Waals surface area contributed by atoms with Gasteiger partial charge in [0.2, 0.25) is 5.43 Å². The molecule has 0 atom stereocenters. The van der Waals surface area contributed by atoms with E-state index in [2.05, 4.69) is 15.6 Å². The van der Waals surface area contributed by atoms with Crippen molar-refractivity contribution in [3.05, 3.63) is 124 Å². The van der Waals surface area contributed by atoms with Crippen LogP contribution >= 0.6 is 0 Å². The fourth-order valence-corrected chi connectivity index (χ4v) is 6.52. The zero-order chi connectivity index (χ0) is 38.3. The lowest BCUT2D eigenvalue weighted by atomic mass is 9.99. The lowest BCUT2D eigenvalue weighted by Crippen LogP contribution is -2.27. The van der Waals surface area contributed by atoms with E-state index in [0.29, 0.717) is 77.5 Å². The average molecular weight is 742 g/mol. The maximum Gasteiger partial charge on any atom is 0.262 e. The Labute approximate surface area is 319 Å². The van der Waals surface area contributed by atoms with Crippen molar-refractivity contribution in [1.82, 2.24) is 14.5 Å². The molecule has 55 heavy (non-hydrogen) atoms. The van der Waals surface area contributed by atoms with Crippen molar-refractivity contribution >= 4 is 28.4 Å². The fraction of sp³-hybridized carbons (Fsp3) is 0.256. The van der Waals surface area contributed by atoms with Crippen LogP contribution in [-0.4, -0.2) is 55.0 Å². The number of amides is 1. The Kier molecular flexibility index (Phi) is 11.2. The van der Waals surface area contributed by atoms with Gasteiger partial charge in [0, 0.05) is 61.8 Å². The van der Waals surface area contributed by atoms with Gasteiger partial charge >= 0.3 is 0 Å². The van der Waals surface area contributed by atoms with Crippen molar-refractivity contribution in [2.45, 2.75) is 32.9 Å². The number of benzene rings is 3. The standard InChI is InChI=1S/C43H43N5O7/c1-27-5-9-30(10-6-27)34-25-48(24-29-15-17-54-18-16-29)26-35(42(34)49)43(50)47-40-14-13-32(23-45-40)55-37-21-41(44-22-28-7-11-31(51-2)12-8-28)46-36-20-39(53-4)38(52-3)19-33(36)37/h5-14,19-21,23,25-26,29H,15-18,22,24H2,1-4H3,(H,44,46)(H,45,47,50). The summed E-state index contributed by atoms with van der Waals surface area (Å²) in [6.45, 7) is 4.59. The van der Waals surface area contributed by atoms with Gasteiger partial charge in [0.25, 0.3) is 5.91 Å². The smallest absolute Gasteiger partial charge is 0.262 e. The van der Waals surface area contributed by atoms with Crippen molar-refractivity contribution in [3.63, 3.8) is 0 Å². The van der Waals surface area contributed by atoms with E-state index in [4.69, 9.17) is 28.7 Å². The van der Waals surface area contributed by atoms with Crippen LogP contribution in [0.3, 0.4) is 0 Å². The van der Waals surface area contributed by atoms with Crippen molar-refractivity contribution in [2.75, 3.05) is 45.2 Å². The molecule has 0 radical (unpaired) electrons. The van der Waals surface area contributed by atoms with Crippen molar-refractivity contribution in [1.29, 1.82) is 0 Å². The van der Waals surface area contributed by atoms with Crippen LogP contribution in [0.25, 0.3) is 22.0 Å². The van der Waals surface area contributed by atoms with E-state index in [1.807, 2.05) is 72.3 Å². The molecule has 12 nitrogen and oxygen atoms in total. The highest BCUT2D eigenvalue weighted by Gasteiger charge is 2.20. The maximum atomic E-state index is 13.8. The van der Waals surface area contributed by atoms with Crippen LogP contribution in [-0.2, 0) is 17.8 Å². The molecule has 1 amide bonds. The molecular formula is C43H43N5O7. The number of ether oxygens (including phenoxy) is 5. The number of aromatic nitrogens is 3. The number of methoxy groups -OCH3 is 3. The monoisotopic (exact) mass is 741 g/mol. The predicted octanol–water partition coefficient (Wildman–Crippen LogP) is 7.88. The third-order valence-electron chi connectivity index (χ3n) is 9.61. The number of anilines is 2. The molecule has 3 aromatic carbocycles. The van der Waals surface area contributed by atoms with Crippen molar-refractivity contribution in [3.8, 4) is 39.9 Å². The Morgan fingerprint density at radius 3 is 2.25 bits per heavy atom. The van der Waals surface area contributed by atoms with Gasteiger partial charge < -0.3 is 38.9 Å². The van der Waals surface area contributed by atoms with E-state index >= 15 is 0 Å². The normalized spacial score (nSPS) is 12.9. The zero-order valence-electron chi connectivity index (χ0n) is 31.3. The molecule has 2 N–H and O–H groups in total. The number of nitrogens with one attached hydrogen (secondary N) is 2. The lowest BCUT2D eigenvalue weighted by molar-refractivity contribution is 0.0612. The Morgan fingerprint density at radius 1 is 0.836 bits per heavy atom. The molecule has 0 bridgehead atoms. The summed E-state index contributed by atoms with van der Waals surface area (Å²) >= 11 is 0. The summed E-state index contributed by atoms with van der Waals surface area (Å²) in [5, 5.41) is 6.88. The summed E-state index contributed by atoms with van der Waals surface area (Å²) in [7, 11) is 4.78. The molecule has 0 saturated carbocycles. The minimum atomic E-state index is -0.547. The fourth-order valence-electron chi connectivity index (χ4n) is 6.52. The number of hydrogen-bond acceptors (Lipinski definition) is 10. The predicted molar refractivity (Wildman–Crippen MR) is 212 cm³/mol. The molecule has 282 valence electrons. The molecule has 1 saturated heterocycles. The lowest BCUT2D eigenvalue weighted by Gasteiger charge is -2.23. The first-order valence-electron chi connectivity index (χ1n) is 18.1. The Balaban J connectivity index is 1.13. The minimum Gasteiger partial charge on any atom is -0.497 e. The Morgan fingerprint density at radius 2 is 1.56 bits per heavy atom. The first-order chi connectivity index (χ1) is 26.8. The Bertz CT molecular complexity index is 2340. The van der Waals surface area contributed by atoms with Gasteiger partial charge in [-0.15, -0.1) is 0 Å². The molecular weight excluding hydrogens is 699 g/mol. The van der Waals surface area contributed by atoms with Gasteiger partial charge in [0.15, 0.2) is 11.5 Å². The van der Waals surface area contributed by atoms with Crippen molar-refractivity contribution in [2.24, 2.45) is 5.92 Å². The summed E-state index contributed by atoms with van der Waals surface area (Å²) in [5.74, 6) is 3.43. The second-order valence-electron chi connectivity index (χ2n) is 13.4. The summed E-state index contributed by atoms with van der Waals surface area (Å²) in [6, 6.07) is 24.2. The van der Waals surface area contributed by atoms with Crippen LogP contribution in [0, 0.1) is 12.8 Å². The molecule has 0 unspecified atom stereocenters. The van der Waals surface area contributed by atoms with Gasteiger partial charge in [-0.2, -0.15) is 0 Å². The highest BCUT2D eigenvalue weighted by atomic mass is 16.5. The second kappa shape index (κ2) is 16.7. The number of rotatable bonds is 13. The van der Waals surface area contributed by atoms with Gasteiger partial charge in [0.05, 0.1) is 33.0 Å². The number of hydrogen-bond donors (Lipinski definition) is 2. The molecule has 12 heteroatoms. The first-order valence-corrected chi connectivity index (χ1v) is 18.1. The SMILES string of the molecule is COc1ccc(CNc2cc(Oc3ccc(NC(=O)c4cn(CC5CCOCC5)cc(-c5ccc(C)cc5)c4=O)nc3)c3cc(OC)c(OC)cc3n2)cc1. The van der Waals surface area contributed by atoms with E-state index in [0.717, 1.165) is 35.3 Å². The van der Waals surface area contributed by atoms with Crippen LogP contribution < -0.4 is 35.0 Å². The van der Waals surface area contributed by atoms with E-state index in [1.54, 1.807) is 51.8 Å². The molecule has 1 aliphatic rings. The molecule has 1 aliphatic heterocycles. The molecule has 3 aromatic heterocycles. The topological polar surface area (TPSA) is 135 Å². The molecule has 0 spiro atoms. The highest BCUT2D eigenvalue weighted by molar-refractivity contribution is 6.04. The number of pyridine rings is 3. The van der Waals surface area contributed by atoms with Gasteiger partial charge in [0.1, 0.15) is 34.4 Å². The second-order valence-corrected chi connectivity index (χ2v) is 13.4. The van der Waals surface area contributed by atoms with Crippen LogP contribution in [0.4, 0.5) is 11.6 Å². The van der Waals surface area contributed by atoms with Crippen LogP contribution in [0.5, 0.6) is 28.7 Å². The first kappa shape index (κ1) is 36.9. The zero-order valence-corrected chi connectivity index (χ0v) is 31.3. The summed E-state index contributed by atoms with van der Waals surface area (Å²) in [6.07, 6.45) is 6.84.